The Balaban J connectivity index is 2.10. The van der Waals surface area contributed by atoms with Gasteiger partial charge in [0.25, 0.3) is 0 Å². The number of fused-ring (bicyclic) bond motifs is 1. The molecule has 0 N–H and O–H groups in total. The Morgan fingerprint density at radius 3 is 2.81 bits per heavy atom. The van der Waals surface area contributed by atoms with Crippen LogP contribution in [0.3, 0.4) is 0 Å². The number of hydrogen-bond acceptors (Lipinski definition) is 2. The summed E-state index contributed by atoms with van der Waals surface area (Å²) in [6, 6.07) is 14.1. The summed E-state index contributed by atoms with van der Waals surface area (Å²) >= 11 is 6.09. The summed E-state index contributed by atoms with van der Waals surface area (Å²) in [6.07, 6.45) is 0.216. The van der Waals surface area contributed by atoms with Crippen LogP contribution in [0.4, 0.5) is 4.39 Å². The first-order chi connectivity index (χ1) is 10.2. The van der Waals surface area contributed by atoms with Crippen LogP contribution in [0.15, 0.2) is 42.5 Å². The van der Waals surface area contributed by atoms with Crippen molar-refractivity contribution in [3.05, 3.63) is 64.7 Å². The number of benzene rings is 2. The first-order valence-corrected chi connectivity index (χ1v) is 6.82. The molecule has 0 radical (unpaired) electrons. The predicted octanol–water partition coefficient (Wildman–Crippen LogP) is 3.94. The van der Waals surface area contributed by atoms with Crippen LogP contribution in [-0.4, -0.2) is 9.55 Å². The Labute approximate surface area is 126 Å². The average Bonchev–Trinajstić information content (AvgIpc) is 2.80. The SMILES string of the molecule is N#CCc1nc2ccccc2n1Cc1ccc(F)cc1Cl. The smallest absolute Gasteiger partial charge is 0.124 e. The monoisotopic (exact) mass is 299 g/mol. The summed E-state index contributed by atoms with van der Waals surface area (Å²) < 4.78 is 15.1. The van der Waals surface area contributed by atoms with E-state index in [9.17, 15) is 4.39 Å². The van der Waals surface area contributed by atoms with Gasteiger partial charge in [0.1, 0.15) is 11.6 Å². The van der Waals surface area contributed by atoms with Crippen LogP contribution >= 0.6 is 11.6 Å². The molecule has 3 aromatic rings. The molecule has 0 amide bonds. The molecule has 0 aliphatic carbocycles. The summed E-state index contributed by atoms with van der Waals surface area (Å²) in [4.78, 5) is 4.47. The molecule has 0 fully saturated rings. The maximum atomic E-state index is 13.1. The van der Waals surface area contributed by atoms with E-state index in [1.54, 1.807) is 6.07 Å². The lowest BCUT2D eigenvalue weighted by Crippen LogP contribution is -2.05. The third-order valence-corrected chi connectivity index (χ3v) is 3.67. The highest BCUT2D eigenvalue weighted by molar-refractivity contribution is 6.31. The molecule has 104 valence electrons. The van der Waals surface area contributed by atoms with Crippen molar-refractivity contribution < 1.29 is 4.39 Å². The van der Waals surface area contributed by atoms with Crippen LogP contribution in [0.25, 0.3) is 11.0 Å². The fraction of sp³-hybridized carbons (Fsp3) is 0.125. The third kappa shape index (κ3) is 2.61. The average molecular weight is 300 g/mol. The van der Waals surface area contributed by atoms with Gasteiger partial charge >= 0.3 is 0 Å². The van der Waals surface area contributed by atoms with Crippen LogP contribution in [0.2, 0.25) is 5.02 Å². The second-order valence-electron chi connectivity index (χ2n) is 4.67. The minimum Gasteiger partial charge on any atom is -0.323 e. The highest BCUT2D eigenvalue weighted by atomic mass is 35.5. The van der Waals surface area contributed by atoms with Crippen molar-refractivity contribution in [1.29, 1.82) is 5.26 Å². The molecule has 0 aliphatic rings. The molecule has 2 aromatic carbocycles. The Hall–Kier alpha value is -2.38. The Morgan fingerprint density at radius 1 is 1.24 bits per heavy atom. The van der Waals surface area contributed by atoms with E-state index in [0.717, 1.165) is 16.6 Å². The number of aromatic nitrogens is 2. The van der Waals surface area contributed by atoms with Crippen molar-refractivity contribution in [2.75, 3.05) is 0 Å². The van der Waals surface area contributed by atoms with E-state index in [4.69, 9.17) is 16.9 Å². The maximum Gasteiger partial charge on any atom is 0.124 e. The number of imidazole rings is 1. The van der Waals surface area contributed by atoms with Crippen molar-refractivity contribution in [3.63, 3.8) is 0 Å². The van der Waals surface area contributed by atoms with Gasteiger partial charge in [-0.25, -0.2) is 9.37 Å². The van der Waals surface area contributed by atoms with Crippen molar-refractivity contribution in [2.24, 2.45) is 0 Å². The van der Waals surface area contributed by atoms with Crippen molar-refractivity contribution in [2.45, 2.75) is 13.0 Å². The maximum absolute atomic E-state index is 13.1. The van der Waals surface area contributed by atoms with Crippen molar-refractivity contribution in [3.8, 4) is 6.07 Å². The molecular formula is C16H11ClFN3. The van der Waals surface area contributed by atoms with Crippen LogP contribution in [0, 0.1) is 17.1 Å². The largest absolute Gasteiger partial charge is 0.323 e. The highest BCUT2D eigenvalue weighted by Crippen LogP contribution is 2.22. The number of nitriles is 1. The summed E-state index contributed by atoms with van der Waals surface area (Å²) in [5.41, 5.74) is 2.56. The standard InChI is InChI=1S/C16H11ClFN3/c17-13-9-12(18)6-5-11(13)10-21-15-4-2-1-3-14(15)20-16(21)7-8-19/h1-6,9H,7,10H2. The topological polar surface area (TPSA) is 41.6 Å². The van der Waals surface area contributed by atoms with Gasteiger partial charge in [0.15, 0.2) is 0 Å². The molecule has 1 heterocycles. The molecular weight excluding hydrogens is 289 g/mol. The van der Waals surface area contributed by atoms with Gasteiger partial charge in [-0.1, -0.05) is 29.8 Å². The van der Waals surface area contributed by atoms with E-state index in [1.807, 2.05) is 28.8 Å². The third-order valence-electron chi connectivity index (χ3n) is 3.31. The van der Waals surface area contributed by atoms with Gasteiger partial charge in [-0.2, -0.15) is 5.26 Å². The normalized spacial score (nSPS) is 10.7. The van der Waals surface area contributed by atoms with Crippen molar-refractivity contribution >= 4 is 22.6 Å². The molecule has 5 heteroatoms. The molecule has 3 rings (SSSR count). The summed E-state index contributed by atoms with van der Waals surface area (Å²) in [6.45, 7) is 0.455. The van der Waals surface area contributed by atoms with Gasteiger partial charge in [0.05, 0.1) is 30.1 Å². The van der Waals surface area contributed by atoms with E-state index < -0.39 is 0 Å². The molecule has 0 bridgehead atoms. The lowest BCUT2D eigenvalue weighted by atomic mass is 10.2. The minimum absolute atomic E-state index is 0.216. The molecule has 0 saturated heterocycles. The minimum atomic E-state index is -0.364. The second kappa shape index (κ2) is 5.55. The lowest BCUT2D eigenvalue weighted by molar-refractivity contribution is 0.626. The first-order valence-electron chi connectivity index (χ1n) is 6.44. The van der Waals surface area contributed by atoms with Crippen LogP contribution < -0.4 is 0 Å². The number of para-hydroxylation sites is 2. The Bertz CT molecular complexity index is 848. The van der Waals surface area contributed by atoms with Gasteiger partial charge < -0.3 is 4.57 Å². The number of rotatable bonds is 3. The molecule has 21 heavy (non-hydrogen) atoms. The Kier molecular flexibility index (Phi) is 3.59. The molecule has 3 nitrogen and oxygen atoms in total. The zero-order chi connectivity index (χ0) is 14.8. The predicted molar refractivity (Wildman–Crippen MR) is 79.6 cm³/mol. The summed E-state index contributed by atoms with van der Waals surface area (Å²) in [7, 11) is 0. The molecule has 0 aliphatic heterocycles. The van der Waals surface area contributed by atoms with Crippen molar-refractivity contribution in [1.82, 2.24) is 9.55 Å². The summed E-state index contributed by atoms with van der Waals surface area (Å²) in [5.74, 6) is 0.315. The second-order valence-corrected chi connectivity index (χ2v) is 5.08. The fourth-order valence-electron chi connectivity index (χ4n) is 2.33. The quantitative estimate of drug-likeness (QED) is 0.735. The van der Waals surface area contributed by atoms with E-state index in [1.165, 1.54) is 12.1 Å². The molecule has 0 unspecified atom stereocenters. The molecule has 0 saturated carbocycles. The number of nitrogens with zero attached hydrogens (tertiary/aromatic N) is 3. The molecule has 1 aromatic heterocycles. The van der Waals surface area contributed by atoms with E-state index in [2.05, 4.69) is 11.1 Å². The van der Waals surface area contributed by atoms with Gasteiger partial charge in [-0.05, 0) is 29.8 Å². The Morgan fingerprint density at radius 2 is 2.05 bits per heavy atom. The molecule has 0 spiro atoms. The zero-order valence-electron chi connectivity index (χ0n) is 11.1. The van der Waals surface area contributed by atoms with E-state index >= 15 is 0 Å². The number of halogens is 2. The van der Waals surface area contributed by atoms with Gasteiger partial charge in [-0.15, -0.1) is 0 Å². The highest BCUT2D eigenvalue weighted by Gasteiger charge is 2.12. The fourth-order valence-corrected chi connectivity index (χ4v) is 2.55. The zero-order valence-corrected chi connectivity index (χ0v) is 11.8. The number of hydrogen-bond donors (Lipinski definition) is 0. The lowest BCUT2D eigenvalue weighted by Gasteiger charge is -2.09. The van der Waals surface area contributed by atoms with Crippen LogP contribution in [0.5, 0.6) is 0 Å². The summed E-state index contributed by atoms with van der Waals surface area (Å²) in [5, 5.41) is 9.32. The van der Waals surface area contributed by atoms with E-state index in [0.29, 0.717) is 17.4 Å². The van der Waals surface area contributed by atoms with Gasteiger partial charge in [0.2, 0.25) is 0 Å². The first kappa shape index (κ1) is 13.6. The van der Waals surface area contributed by atoms with Gasteiger partial charge in [0, 0.05) is 5.02 Å². The van der Waals surface area contributed by atoms with Crippen LogP contribution in [0.1, 0.15) is 11.4 Å². The van der Waals surface area contributed by atoms with Crippen LogP contribution in [-0.2, 0) is 13.0 Å². The van der Waals surface area contributed by atoms with E-state index in [-0.39, 0.29) is 12.2 Å². The molecule has 0 atom stereocenters. The van der Waals surface area contributed by atoms with Gasteiger partial charge in [-0.3, -0.25) is 0 Å².